The van der Waals surface area contributed by atoms with Crippen molar-refractivity contribution in [1.82, 2.24) is 0 Å². The zero-order valence-electron chi connectivity index (χ0n) is 8.27. The van der Waals surface area contributed by atoms with Crippen LogP contribution < -0.4 is 0 Å². The van der Waals surface area contributed by atoms with E-state index in [2.05, 4.69) is 10.0 Å². The first kappa shape index (κ1) is 9.96. The summed E-state index contributed by atoms with van der Waals surface area (Å²) >= 11 is 0. The van der Waals surface area contributed by atoms with Crippen molar-refractivity contribution in [2.45, 2.75) is 19.1 Å². The van der Waals surface area contributed by atoms with Gasteiger partial charge < -0.3 is 4.74 Å². The van der Waals surface area contributed by atoms with E-state index < -0.39 is 5.54 Å². The predicted octanol–water partition coefficient (Wildman–Crippen LogP) is 2.88. The van der Waals surface area contributed by atoms with Crippen molar-refractivity contribution in [3.8, 4) is 0 Å². The van der Waals surface area contributed by atoms with E-state index in [1.54, 1.807) is 13.0 Å². The van der Waals surface area contributed by atoms with Crippen LogP contribution >= 0.6 is 0 Å². The molecular formula is C10H10FN3O. The number of fused-ring (bicyclic) bond motifs is 1. The molecule has 0 N–H and O–H groups in total. The van der Waals surface area contributed by atoms with Gasteiger partial charge >= 0.3 is 0 Å². The van der Waals surface area contributed by atoms with Crippen LogP contribution in [0.1, 0.15) is 18.1 Å². The van der Waals surface area contributed by atoms with Gasteiger partial charge in [0.25, 0.3) is 0 Å². The Morgan fingerprint density at radius 3 is 3.13 bits per heavy atom. The third kappa shape index (κ3) is 1.67. The van der Waals surface area contributed by atoms with Crippen LogP contribution in [0.25, 0.3) is 10.4 Å². The maximum absolute atomic E-state index is 13.1. The van der Waals surface area contributed by atoms with E-state index in [1.165, 1.54) is 12.1 Å². The maximum atomic E-state index is 13.1. The van der Waals surface area contributed by atoms with E-state index in [0.717, 1.165) is 5.56 Å². The van der Waals surface area contributed by atoms with Crippen LogP contribution in [0.15, 0.2) is 23.3 Å². The van der Waals surface area contributed by atoms with Gasteiger partial charge in [0.1, 0.15) is 5.82 Å². The summed E-state index contributed by atoms with van der Waals surface area (Å²) in [5.41, 5.74) is 9.27. The molecule has 2 rings (SSSR count). The zero-order chi connectivity index (χ0) is 10.9. The summed E-state index contributed by atoms with van der Waals surface area (Å²) in [7, 11) is 0. The fourth-order valence-corrected chi connectivity index (χ4v) is 1.79. The lowest BCUT2D eigenvalue weighted by Crippen LogP contribution is -2.31. The predicted molar refractivity (Wildman–Crippen MR) is 52.6 cm³/mol. The molecule has 0 amide bonds. The molecule has 1 aromatic rings. The number of benzene rings is 1. The number of nitrogens with zero attached hydrogens (tertiary/aromatic N) is 3. The van der Waals surface area contributed by atoms with Crippen LogP contribution in [-0.2, 0) is 16.9 Å². The van der Waals surface area contributed by atoms with Crippen LogP contribution in [0.3, 0.4) is 0 Å². The van der Waals surface area contributed by atoms with Crippen molar-refractivity contribution in [2.24, 2.45) is 5.11 Å². The Morgan fingerprint density at radius 2 is 2.40 bits per heavy atom. The SMILES string of the molecule is CC1(N=[N+]=[N-])COCc2ccc(F)cc21. The van der Waals surface area contributed by atoms with E-state index in [4.69, 9.17) is 10.3 Å². The zero-order valence-corrected chi connectivity index (χ0v) is 8.27. The Labute approximate surface area is 86.3 Å². The minimum atomic E-state index is -0.801. The summed E-state index contributed by atoms with van der Waals surface area (Å²) in [5, 5.41) is 3.69. The van der Waals surface area contributed by atoms with Gasteiger partial charge in [-0.1, -0.05) is 11.2 Å². The molecule has 0 spiro atoms. The van der Waals surface area contributed by atoms with Crippen LogP contribution in [0.4, 0.5) is 4.39 Å². The van der Waals surface area contributed by atoms with Crippen molar-refractivity contribution in [1.29, 1.82) is 0 Å². The molecule has 0 saturated heterocycles. The van der Waals surface area contributed by atoms with Gasteiger partial charge in [-0.2, -0.15) is 0 Å². The largest absolute Gasteiger partial charge is 0.376 e. The van der Waals surface area contributed by atoms with Gasteiger partial charge in [0.05, 0.1) is 18.8 Å². The smallest absolute Gasteiger partial charge is 0.123 e. The molecule has 1 atom stereocenters. The van der Waals surface area contributed by atoms with Gasteiger partial charge in [-0.05, 0) is 35.7 Å². The Bertz CT molecular complexity index is 442. The molecule has 78 valence electrons. The highest BCUT2D eigenvalue weighted by atomic mass is 19.1. The van der Waals surface area contributed by atoms with Gasteiger partial charge in [0.2, 0.25) is 0 Å². The molecule has 0 aromatic heterocycles. The minimum absolute atomic E-state index is 0.285. The second-order valence-electron chi connectivity index (χ2n) is 3.76. The van der Waals surface area contributed by atoms with Crippen LogP contribution in [0.2, 0.25) is 0 Å². The van der Waals surface area contributed by atoms with E-state index in [1.807, 2.05) is 0 Å². The fraction of sp³-hybridized carbons (Fsp3) is 0.400. The topological polar surface area (TPSA) is 58.0 Å². The number of rotatable bonds is 1. The molecule has 1 aliphatic heterocycles. The molecule has 1 heterocycles. The van der Waals surface area contributed by atoms with Gasteiger partial charge in [0.15, 0.2) is 0 Å². The van der Waals surface area contributed by atoms with Gasteiger partial charge in [-0.15, -0.1) is 0 Å². The number of halogens is 1. The van der Waals surface area contributed by atoms with Crippen molar-refractivity contribution in [2.75, 3.05) is 6.61 Å². The quantitative estimate of drug-likeness (QED) is 0.397. The lowest BCUT2D eigenvalue weighted by molar-refractivity contribution is 0.0597. The molecule has 0 saturated carbocycles. The van der Waals surface area contributed by atoms with E-state index in [0.29, 0.717) is 12.2 Å². The second kappa shape index (κ2) is 3.53. The molecule has 4 nitrogen and oxygen atoms in total. The first-order valence-corrected chi connectivity index (χ1v) is 4.59. The number of ether oxygens (including phenoxy) is 1. The highest BCUT2D eigenvalue weighted by Crippen LogP contribution is 2.34. The van der Waals surface area contributed by atoms with Crippen LogP contribution in [0.5, 0.6) is 0 Å². The number of azide groups is 1. The summed E-state index contributed by atoms with van der Waals surface area (Å²) in [6.45, 7) is 2.46. The highest BCUT2D eigenvalue weighted by molar-refractivity contribution is 5.35. The monoisotopic (exact) mass is 207 g/mol. The van der Waals surface area contributed by atoms with Crippen molar-refractivity contribution < 1.29 is 9.13 Å². The first-order valence-electron chi connectivity index (χ1n) is 4.59. The van der Waals surface area contributed by atoms with E-state index >= 15 is 0 Å². The molecule has 1 unspecified atom stereocenters. The summed E-state index contributed by atoms with van der Waals surface area (Å²) in [6, 6.07) is 4.45. The average molecular weight is 207 g/mol. The molecule has 1 aliphatic rings. The average Bonchev–Trinajstić information content (AvgIpc) is 2.20. The Hall–Kier alpha value is -1.58. The molecule has 0 bridgehead atoms. The maximum Gasteiger partial charge on any atom is 0.123 e. The Kier molecular flexibility index (Phi) is 2.34. The third-order valence-corrected chi connectivity index (χ3v) is 2.56. The van der Waals surface area contributed by atoms with Crippen molar-refractivity contribution in [3.63, 3.8) is 0 Å². The van der Waals surface area contributed by atoms with E-state index in [9.17, 15) is 4.39 Å². The summed E-state index contributed by atoms with van der Waals surface area (Å²) < 4.78 is 18.4. The van der Waals surface area contributed by atoms with Gasteiger partial charge in [0, 0.05) is 4.91 Å². The standard InChI is InChI=1S/C10H10FN3O/c1-10(13-14-12)6-15-5-7-2-3-8(11)4-9(7)10/h2-4H,5-6H2,1H3. The summed E-state index contributed by atoms with van der Waals surface area (Å²) in [6.07, 6.45) is 0. The highest BCUT2D eigenvalue weighted by Gasteiger charge is 2.32. The molecule has 0 fully saturated rings. The summed E-state index contributed by atoms with van der Waals surface area (Å²) in [5.74, 6) is -0.324. The van der Waals surface area contributed by atoms with Gasteiger partial charge in [-0.25, -0.2) is 4.39 Å². The molecular weight excluding hydrogens is 197 g/mol. The lowest BCUT2D eigenvalue weighted by Gasteiger charge is -2.31. The Balaban J connectivity index is 2.58. The lowest BCUT2D eigenvalue weighted by atomic mass is 9.88. The minimum Gasteiger partial charge on any atom is -0.376 e. The number of hydrogen-bond donors (Lipinski definition) is 0. The molecule has 0 radical (unpaired) electrons. The second-order valence-corrected chi connectivity index (χ2v) is 3.76. The molecule has 0 aliphatic carbocycles. The third-order valence-electron chi connectivity index (χ3n) is 2.56. The van der Waals surface area contributed by atoms with Crippen molar-refractivity contribution in [3.05, 3.63) is 45.6 Å². The number of hydrogen-bond acceptors (Lipinski definition) is 2. The van der Waals surface area contributed by atoms with Crippen LogP contribution in [-0.4, -0.2) is 6.61 Å². The summed E-state index contributed by atoms with van der Waals surface area (Å²) in [4.78, 5) is 2.78. The van der Waals surface area contributed by atoms with Crippen LogP contribution in [0, 0.1) is 5.82 Å². The molecule has 1 aromatic carbocycles. The van der Waals surface area contributed by atoms with Gasteiger partial charge in [-0.3, -0.25) is 0 Å². The fourth-order valence-electron chi connectivity index (χ4n) is 1.79. The Morgan fingerprint density at radius 1 is 1.60 bits per heavy atom. The molecule has 15 heavy (non-hydrogen) atoms. The molecule has 5 heteroatoms. The van der Waals surface area contributed by atoms with Crippen molar-refractivity contribution >= 4 is 0 Å². The van der Waals surface area contributed by atoms with E-state index in [-0.39, 0.29) is 12.4 Å². The first-order chi connectivity index (χ1) is 7.15. The normalized spacial score (nSPS) is 24.1.